The molecule has 2 atom stereocenters. The summed E-state index contributed by atoms with van der Waals surface area (Å²) in [6.07, 6.45) is 1.74. The summed E-state index contributed by atoms with van der Waals surface area (Å²) >= 11 is 0. The van der Waals surface area contributed by atoms with Crippen molar-refractivity contribution >= 4 is 11.6 Å². The number of hydrogen-bond acceptors (Lipinski definition) is 6. The van der Waals surface area contributed by atoms with Crippen molar-refractivity contribution < 1.29 is 19.2 Å². The van der Waals surface area contributed by atoms with E-state index in [1.807, 2.05) is 0 Å². The lowest BCUT2D eigenvalue weighted by atomic mass is 9.92. The zero-order valence-corrected chi connectivity index (χ0v) is 14.3. The number of nitrogens with zero attached hydrogens (tertiary/aromatic N) is 2. The van der Waals surface area contributed by atoms with Crippen molar-refractivity contribution in [3.8, 4) is 11.5 Å². The number of fused-ring (bicyclic) bond motifs is 1. The monoisotopic (exact) mass is 349 g/mol. The van der Waals surface area contributed by atoms with E-state index in [1.54, 1.807) is 11.0 Å². The number of hydrogen-bond donors (Lipinski definition) is 1. The highest BCUT2D eigenvalue weighted by Gasteiger charge is 2.31. The molecule has 2 unspecified atom stereocenters. The molecular weight excluding hydrogens is 326 g/mol. The van der Waals surface area contributed by atoms with Gasteiger partial charge in [0.05, 0.1) is 17.4 Å². The number of nitro groups is 1. The topological polar surface area (TPSA) is 108 Å². The van der Waals surface area contributed by atoms with Crippen LogP contribution < -0.4 is 15.2 Å². The van der Waals surface area contributed by atoms with E-state index in [2.05, 4.69) is 6.92 Å². The van der Waals surface area contributed by atoms with Crippen molar-refractivity contribution in [2.45, 2.75) is 32.2 Å². The zero-order valence-electron chi connectivity index (χ0n) is 14.3. The van der Waals surface area contributed by atoms with Crippen molar-refractivity contribution in [1.29, 1.82) is 0 Å². The molecule has 2 heterocycles. The van der Waals surface area contributed by atoms with Crippen LogP contribution in [-0.4, -0.2) is 48.1 Å². The van der Waals surface area contributed by atoms with Gasteiger partial charge >= 0.3 is 0 Å². The van der Waals surface area contributed by atoms with Crippen molar-refractivity contribution in [2.75, 3.05) is 26.3 Å². The lowest BCUT2D eigenvalue weighted by Gasteiger charge is -2.38. The SMILES string of the molecule is CC1CCN(C(=O)Cc2cc3c(cc2[N+](=O)[O-])OCCO3)C(CN)C1. The fraction of sp³-hybridized carbons (Fsp3) is 0.588. The lowest BCUT2D eigenvalue weighted by molar-refractivity contribution is -0.385. The van der Waals surface area contributed by atoms with Crippen molar-refractivity contribution in [3.63, 3.8) is 0 Å². The highest BCUT2D eigenvalue weighted by atomic mass is 16.6. The van der Waals surface area contributed by atoms with Crippen LogP contribution in [0.25, 0.3) is 0 Å². The molecule has 1 aromatic rings. The minimum atomic E-state index is -0.487. The molecule has 1 amide bonds. The summed E-state index contributed by atoms with van der Waals surface area (Å²) in [6.45, 7) is 3.93. The van der Waals surface area contributed by atoms with Crippen LogP contribution in [0.4, 0.5) is 5.69 Å². The number of carbonyl (C=O) groups excluding carboxylic acids is 1. The smallest absolute Gasteiger partial charge is 0.277 e. The average Bonchev–Trinajstić information content (AvgIpc) is 2.60. The third-order valence-electron chi connectivity index (χ3n) is 4.85. The minimum absolute atomic E-state index is 0.00693. The maximum Gasteiger partial charge on any atom is 0.277 e. The van der Waals surface area contributed by atoms with Crippen molar-refractivity contribution in [2.24, 2.45) is 11.7 Å². The summed E-state index contributed by atoms with van der Waals surface area (Å²) in [7, 11) is 0. The van der Waals surface area contributed by atoms with Crippen LogP contribution in [0.2, 0.25) is 0 Å². The van der Waals surface area contributed by atoms with E-state index in [0.29, 0.717) is 49.3 Å². The molecule has 0 radical (unpaired) electrons. The molecule has 3 rings (SSSR count). The Kier molecular flexibility index (Phi) is 5.08. The number of rotatable bonds is 4. The summed E-state index contributed by atoms with van der Waals surface area (Å²) in [6, 6.07) is 2.89. The van der Waals surface area contributed by atoms with Gasteiger partial charge in [0.15, 0.2) is 11.5 Å². The predicted octanol–water partition coefficient (Wildman–Crippen LogP) is 1.49. The molecule has 2 N–H and O–H groups in total. The Morgan fingerprint density at radius 1 is 1.36 bits per heavy atom. The highest BCUT2D eigenvalue weighted by molar-refractivity contribution is 5.81. The van der Waals surface area contributed by atoms with E-state index in [0.717, 1.165) is 12.8 Å². The molecule has 1 aromatic carbocycles. The second-order valence-electron chi connectivity index (χ2n) is 6.66. The molecule has 0 aliphatic carbocycles. The summed E-state index contributed by atoms with van der Waals surface area (Å²) in [5.74, 6) is 1.19. The Morgan fingerprint density at radius 3 is 2.68 bits per heavy atom. The molecule has 0 bridgehead atoms. The van der Waals surface area contributed by atoms with Gasteiger partial charge in [-0.3, -0.25) is 14.9 Å². The van der Waals surface area contributed by atoms with Gasteiger partial charge in [0, 0.05) is 24.7 Å². The number of amides is 1. The predicted molar refractivity (Wildman–Crippen MR) is 90.7 cm³/mol. The Balaban J connectivity index is 1.83. The first kappa shape index (κ1) is 17.5. The standard InChI is InChI=1S/C17H23N3O5/c1-11-2-3-19(13(6-11)10-18)17(21)8-12-7-15-16(25-5-4-24-15)9-14(12)20(22)23/h7,9,11,13H,2-6,8,10,18H2,1H3. The Hall–Kier alpha value is -2.35. The quantitative estimate of drug-likeness (QED) is 0.652. The maximum atomic E-state index is 12.8. The number of nitrogens with two attached hydrogens (primary N) is 1. The molecular formula is C17H23N3O5. The molecule has 8 heteroatoms. The minimum Gasteiger partial charge on any atom is -0.486 e. The van der Waals surface area contributed by atoms with Crippen LogP contribution in [0.3, 0.4) is 0 Å². The van der Waals surface area contributed by atoms with Crippen LogP contribution in [0.15, 0.2) is 12.1 Å². The highest BCUT2D eigenvalue weighted by Crippen LogP contribution is 2.37. The van der Waals surface area contributed by atoms with E-state index in [1.165, 1.54) is 6.07 Å². The van der Waals surface area contributed by atoms with Gasteiger partial charge in [0.2, 0.25) is 5.91 Å². The molecule has 0 aromatic heterocycles. The third-order valence-corrected chi connectivity index (χ3v) is 4.85. The van der Waals surface area contributed by atoms with Crippen molar-refractivity contribution in [3.05, 3.63) is 27.8 Å². The fourth-order valence-electron chi connectivity index (χ4n) is 3.50. The van der Waals surface area contributed by atoms with Gasteiger partial charge in [-0.15, -0.1) is 0 Å². The van der Waals surface area contributed by atoms with Gasteiger partial charge in [-0.2, -0.15) is 0 Å². The first-order valence-corrected chi connectivity index (χ1v) is 8.56. The average molecular weight is 349 g/mol. The second-order valence-corrected chi connectivity index (χ2v) is 6.66. The Bertz CT molecular complexity index is 678. The van der Waals surface area contributed by atoms with Gasteiger partial charge in [0.25, 0.3) is 5.69 Å². The number of likely N-dealkylation sites (tertiary alicyclic amines) is 1. The van der Waals surface area contributed by atoms with Crippen LogP contribution in [-0.2, 0) is 11.2 Å². The third kappa shape index (κ3) is 3.68. The lowest BCUT2D eigenvalue weighted by Crippen LogP contribution is -2.49. The summed E-state index contributed by atoms with van der Waals surface area (Å²) in [5, 5.41) is 11.4. The second kappa shape index (κ2) is 7.26. The largest absolute Gasteiger partial charge is 0.486 e. The van der Waals surface area contributed by atoms with Gasteiger partial charge in [-0.1, -0.05) is 6.92 Å². The summed E-state index contributed by atoms with van der Waals surface area (Å²) < 4.78 is 10.9. The first-order valence-electron chi connectivity index (χ1n) is 8.56. The normalized spacial score (nSPS) is 22.6. The van der Waals surface area contributed by atoms with E-state index in [-0.39, 0.29) is 24.1 Å². The molecule has 2 aliphatic heterocycles. The molecule has 1 fully saturated rings. The Labute approximate surface area is 146 Å². The first-order chi connectivity index (χ1) is 12.0. The number of carbonyl (C=O) groups is 1. The van der Waals surface area contributed by atoms with Gasteiger partial charge in [-0.25, -0.2) is 0 Å². The van der Waals surface area contributed by atoms with Gasteiger partial charge in [-0.05, 0) is 24.8 Å². The fourth-order valence-corrected chi connectivity index (χ4v) is 3.50. The van der Waals surface area contributed by atoms with Gasteiger partial charge < -0.3 is 20.1 Å². The number of piperidine rings is 1. The van der Waals surface area contributed by atoms with E-state index in [4.69, 9.17) is 15.2 Å². The van der Waals surface area contributed by atoms with E-state index in [9.17, 15) is 14.9 Å². The summed E-state index contributed by atoms with van der Waals surface area (Å²) in [4.78, 5) is 25.4. The molecule has 8 nitrogen and oxygen atoms in total. The van der Waals surface area contributed by atoms with Crippen molar-refractivity contribution in [1.82, 2.24) is 4.90 Å². The van der Waals surface area contributed by atoms with Crippen LogP contribution in [0.1, 0.15) is 25.3 Å². The van der Waals surface area contributed by atoms with Crippen LogP contribution in [0.5, 0.6) is 11.5 Å². The molecule has 25 heavy (non-hydrogen) atoms. The number of benzene rings is 1. The number of ether oxygens (including phenoxy) is 2. The Morgan fingerprint density at radius 2 is 2.04 bits per heavy atom. The molecule has 136 valence electrons. The molecule has 1 saturated heterocycles. The zero-order chi connectivity index (χ0) is 18.0. The van der Waals surface area contributed by atoms with E-state index >= 15 is 0 Å². The van der Waals surface area contributed by atoms with Crippen LogP contribution >= 0.6 is 0 Å². The summed E-state index contributed by atoms with van der Waals surface area (Å²) in [5.41, 5.74) is 6.04. The number of nitro benzene ring substituents is 1. The molecule has 2 aliphatic rings. The van der Waals surface area contributed by atoms with Gasteiger partial charge in [0.1, 0.15) is 13.2 Å². The van der Waals surface area contributed by atoms with E-state index < -0.39 is 4.92 Å². The maximum absolute atomic E-state index is 12.8. The molecule has 0 spiro atoms. The molecule has 0 saturated carbocycles. The van der Waals surface area contributed by atoms with Crippen LogP contribution in [0, 0.1) is 16.0 Å².